The van der Waals surface area contributed by atoms with Crippen LogP contribution in [0.4, 0.5) is 0 Å². The molecule has 0 saturated heterocycles. The van der Waals surface area contributed by atoms with E-state index in [4.69, 9.17) is 10.2 Å². The van der Waals surface area contributed by atoms with E-state index in [0.29, 0.717) is 0 Å². The highest BCUT2D eigenvalue weighted by Crippen LogP contribution is 2.53. The molecule has 11 aromatic rings. The molecule has 0 radical (unpaired) electrons. The monoisotopic (exact) mass is 765 g/mol. The molecule has 0 N–H and O–H groups in total. The lowest BCUT2D eigenvalue weighted by atomic mass is 9.79. The average Bonchev–Trinajstić information content (AvgIpc) is 3.84. The van der Waals surface area contributed by atoms with Crippen LogP contribution in [0.25, 0.3) is 105 Å². The predicted molar refractivity (Wildman–Crippen MR) is 251 cm³/mol. The minimum absolute atomic E-state index is 0.140. The molecule has 0 spiro atoms. The van der Waals surface area contributed by atoms with Crippen molar-refractivity contribution >= 4 is 43.1 Å². The van der Waals surface area contributed by atoms with E-state index in [9.17, 15) is 0 Å². The zero-order valence-electron chi connectivity index (χ0n) is 33.4. The Morgan fingerprint density at radius 1 is 0.350 bits per heavy atom. The largest absolute Gasteiger partial charge is 0.275 e. The van der Waals surface area contributed by atoms with Crippen molar-refractivity contribution in [2.24, 2.45) is 0 Å². The summed E-state index contributed by atoms with van der Waals surface area (Å²) in [5, 5.41) is 19.5. The summed E-state index contributed by atoms with van der Waals surface area (Å²) in [5.74, 6) is 1.62. The summed E-state index contributed by atoms with van der Waals surface area (Å²) in [6, 6.07) is 73.0. The van der Waals surface area contributed by atoms with E-state index in [1.165, 1.54) is 82.0 Å². The molecule has 0 fully saturated rings. The van der Waals surface area contributed by atoms with E-state index in [0.717, 1.165) is 34.0 Å². The average molecular weight is 766 g/mol. The maximum atomic E-state index is 4.75. The van der Waals surface area contributed by atoms with Gasteiger partial charge in [0.15, 0.2) is 11.6 Å². The molecule has 0 bridgehead atoms. The lowest BCUT2D eigenvalue weighted by Gasteiger charge is -2.24. The molecule has 1 aliphatic rings. The Balaban J connectivity index is 1.12. The Labute approximate surface area is 348 Å². The first-order valence-corrected chi connectivity index (χ1v) is 20.7. The summed E-state index contributed by atoms with van der Waals surface area (Å²) in [7, 11) is 0. The van der Waals surface area contributed by atoms with Crippen molar-refractivity contribution in [1.29, 1.82) is 0 Å². The highest BCUT2D eigenvalue weighted by atomic mass is 15.3. The molecule has 0 unspecified atom stereocenters. The van der Waals surface area contributed by atoms with Crippen LogP contribution in [0, 0.1) is 0 Å². The third-order valence-corrected chi connectivity index (χ3v) is 12.9. The third kappa shape index (κ3) is 5.22. The zero-order chi connectivity index (χ0) is 40.0. The molecule has 1 heterocycles. The van der Waals surface area contributed by atoms with Gasteiger partial charge in [-0.3, -0.25) is 4.57 Å². The van der Waals surface area contributed by atoms with Crippen LogP contribution in [0.3, 0.4) is 0 Å². The summed E-state index contributed by atoms with van der Waals surface area (Å²) in [6.07, 6.45) is 0. The standard InChI is InChI=1S/C57H39N3/c1-57(2)51-24-14-13-21-45(51)48-34-49-50(35-52(48)57)54(42-26-25-41-31-39-19-9-10-20-40(39)32-43(41)33-42)47-23-12-11-22-46(47)53(49)36-27-29-44(30-28-36)60-55(37-15-5-3-6-16-37)58-59-56(60)38-17-7-4-8-18-38/h3-35H,1-2H3. The Kier molecular flexibility index (Phi) is 7.58. The first-order valence-electron chi connectivity index (χ1n) is 20.7. The molecular weight excluding hydrogens is 727 g/mol. The second-order valence-corrected chi connectivity index (χ2v) is 16.6. The number of nitrogens with zero attached hydrogens (tertiary/aromatic N) is 3. The lowest BCUT2D eigenvalue weighted by molar-refractivity contribution is 0.661. The number of aromatic nitrogens is 3. The van der Waals surface area contributed by atoms with Gasteiger partial charge in [-0.15, -0.1) is 10.2 Å². The third-order valence-electron chi connectivity index (χ3n) is 12.9. The molecular formula is C57H39N3. The Morgan fingerprint density at radius 3 is 1.53 bits per heavy atom. The first kappa shape index (κ1) is 34.4. The molecule has 1 aromatic heterocycles. The van der Waals surface area contributed by atoms with Crippen molar-refractivity contribution in [3.63, 3.8) is 0 Å². The van der Waals surface area contributed by atoms with Crippen LogP contribution in [-0.4, -0.2) is 14.8 Å². The van der Waals surface area contributed by atoms with Crippen LogP contribution in [0.15, 0.2) is 200 Å². The highest BCUT2D eigenvalue weighted by Gasteiger charge is 2.36. The van der Waals surface area contributed by atoms with Crippen LogP contribution in [0.5, 0.6) is 0 Å². The van der Waals surface area contributed by atoms with Crippen LogP contribution < -0.4 is 0 Å². The molecule has 0 atom stereocenters. The number of benzene rings is 10. The number of hydrogen-bond acceptors (Lipinski definition) is 2. The molecule has 60 heavy (non-hydrogen) atoms. The second kappa shape index (κ2) is 13.2. The maximum Gasteiger partial charge on any atom is 0.168 e. The summed E-state index contributed by atoms with van der Waals surface area (Å²) in [5.41, 5.74) is 13.2. The minimum atomic E-state index is -0.140. The van der Waals surface area contributed by atoms with Gasteiger partial charge < -0.3 is 0 Å². The van der Waals surface area contributed by atoms with E-state index in [-0.39, 0.29) is 5.41 Å². The number of hydrogen-bond donors (Lipinski definition) is 0. The zero-order valence-corrected chi connectivity index (χ0v) is 33.4. The van der Waals surface area contributed by atoms with Gasteiger partial charge in [0.25, 0.3) is 0 Å². The smallest absolute Gasteiger partial charge is 0.168 e. The molecule has 3 heteroatoms. The molecule has 3 nitrogen and oxygen atoms in total. The predicted octanol–water partition coefficient (Wildman–Crippen LogP) is 14.9. The Morgan fingerprint density at radius 2 is 0.867 bits per heavy atom. The molecule has 1 aliphatic carbocycles. The van der Waals surface area contributed by atoms with Gasteiger partial charge in [-0.05, 0) is 130 Å². The van der Waals surface area contributed by atoms with E-state index < -0.39 is 0 Å². The van der Waals surface area contributed by atoms with Crippen LogP contribution >= 0.6 is 0 Å². The van der Waals surface area contributed by atoms with Crippen molar-refractivity contribution in [3.05, 3.63) is 211 Å². The minimum Gasteiger partial charge on any atom is -0.275 e. The van der Waals surface area contributed by atoms with Crippen LogP contribution in [0.1, 0.15) is 25.0 Å². The van der Waals surface area contributed by atoms with Gasteiger partial charge in [0.05, 0.1) is 0 Å². The van der Waals surface area contributed by atoms with Gasteiger partial charge in [0.2, 0.25) is 0 Å². The van der Waals surface area contributed by atoms with Crippen molar-refractivity contribution in [3.8, 4) is 61.8 Å². The van der Waals surface area contributed by atoms with E-state index in [1.54, 1.807) is 0 Å². The topological polar surface area (TPSA) is 30.7 Å². The summed E-state index contributed by atoms with van der Waals surface area (Å²) in [6.45, 7) is 4.76. The van der Waals surface area contributed by atoms with E-state index >= 15 is 0 Å². The number of rotatable bonds is 5. The first-order chi connectivity index (χ1) is 29.5. The summed E-state index contributed by atoms with van der Waals surface area (Å²) >= 11 is 0. The van der Waals surface area contributed by atoms with E-state index in [2.05, 4.69) is 206 Å². The van der Waals surface area contributed by atoms with Gasteiger partial charge in [0.1, 0.15) is 0 Å². The highest BCUT2D eigenvalue weighted by molar-refractivity contribution is 6.23. The van der Waals surface area contributed by atoms with Crippen LogP contribution in [0.2, 0.25) is 0 Å². The fraction of sp³-hybridized carbons (Fsp3) is 0.0526. The van der Waals surface area contributed by atoms with Gasteiger partial charge >= 0.3 is 0 Å². The van der Waals surface area contributed by atoms with Gasteiger partial charge in [0, 0.05) is 22.2 Å². The molecule has 10 aromatic carbocycles. The second-order valence-electron chi connectivity index (χ2n) is 16.6. The summed E-state index contributed by atoms with van der Waals surface area (Å²) < 4.78 is 2.18. The molecule has 12 rings (SSSR count). The van der Waals surface area contributed by atoms with Crippen LogP contribution in [-0.2, 0) is 5.41 Å². The Bertz CT molecular complexity index is 3430. The van der Waals surface area contributed by atoms with Crippen molar-refractivity contribution in [2.45, 2.75) is 19.3 Å². The molecule has 0 saturated carbocycles. The van der Waals surface area contributed by atoms with E-state index in [1.807, 2.05) is 12.1 Å². The van der Waals surface area contributed by atoms with Crippen molar-refractivity contribution in [1.82, 2.24) is 14.8 Å². The lowest BCUT2D eigenvalue weighted by Crippen LogP contribution is -2.14. The van der Waals surface area contributed by atoms with Crippen molar-refractivity contribution in [2.75, 3.05) is 0 Å². The maximum absolute atomic E-state index is 4.75. The fourth-order valence-corrected chi connectivity index (χ4v) is 9.94. The molecule has 282 valence electrons. The molecule has 0 aliphatic heterocycles. The Hall–Kier alpha value is -7.62. The van der Waals surface area contributed by atoms with Crippen molar-refractivity contribution < 1.29 is 0 Å². The van der Waals surface area contributed by atoms with Gasteiger partial charge in [-0.1, -0.05) is 172 Å². The summed E-state index contributed by atoms with van der Waals surface area (Å²) in [4.78, 5) is 0. The van der Waals surface area contributed by atoms with Gasteiger partial charge in [-0.25, -0.2) is 0 Å². The normalized spacial score (nSPS) is 13.0. The number of fused-ring (bicyclic) bond motifs is 7. The van der Waals surface area contributed by atoms with Gasteiger partial charge in [-0.2, -0.15) is 0 Å². The fourth-order valence-electron chi connectivity index (χ4n) is 9.94. The quantitative estimate of drug-likeness (QED) is 0.163. The SMILES string of the molecule is CC1(C)c2ccccc2-c2cc3c(-c4ccc(-n5c(-c6ccccc6)nnc5-c5ccccc5)cc4)c4ccccc4c(-c4ccc5cc6ccccc6cc5c4)c3cc21. The molecule has 0 amide bonds.